The van der Waals surface area contributed by atoms with E-state index < -0.39 is 0 Å². The third-order valence-corrected chi connectivity index (χ3v) is 2.91. The molecule has 1 unspecified atom stereocenters. The maximum Gasteiger partial charge on any atom is 0.221 e. The van der Waals surface area contributed by atoms with E-state index in [0.717, 1.165) is 25.7 Å². The fourth-order valence-corrected chi connectivity index (χ4v) is 1.71. The maximum absolute atomic E-state index is 11.5. The minimum absolute atomic E-state index is 0. The van der Waals surface area contributed by atoms with Crippen LogP contribution >= 0.6 is 0 Å². The predicted molar refractivity (Wildman–Crippen MR) is 88.0 cm³/mol. The van der Waals surface area contributed by atoms with Crippen molar-refractivity contribution < 1.29 is 19.2 Å². The van der Waals surface area contributed by atoms with Crippen LogP contribution in [0, 0.1) is 12.3 Å². The SMILES string of the molecule is C#CCNC(=O)CCC(=O)NCCCCCC(C)N[C-]=O.C=O.[Fm]. The standard InChI is InChI=1S/C15H24N3O3.CH2O.Fm/c1-3-10-16-14(20)8-9-15(21)17-11-6-4-5-7-13(2)18-12-19;1-2;/h1,13H,4-11H2,2H3,(H,16,20)(H,17,21)(H,18,19);1H2;/q-1;;. The zero-order valence-corrected chi connectivity index (χ0v) is 16.3. The summed E-state index contributed by atoms with van der Waals surface area (Å²) < 4.78 is 0. The summed E-state index contributed by atoms with van der Waals surface area (Å²) in [5.41, 5.74) is 0. The number of rotatable bonds is 12. The van der Waals surface area contributed by atoms with Crippen molar-refractivity contribution in [1.82, 2.24) is 16.0 Å². The molecule has 0 aliphatic heterocycles. The van der Waals surface area contributed by atoms with E-state index in [1.54, 1.807) is 6.41 Å². The average molecular weight is 581 g/mol. The van der Waals surface area contributed by atoms with E-state index in [1.807, 2.05) is 13.7 Å². The van der Waals surface area contributed by atoms with Crippen LogP contribution in [0.5, 0.6) is 0 Å². The van der Waals surface area contributed by atoms with Crippen LogP contribution in [0.4, 0.5) is 0 Å². The first-order valence-electron chi connectivity index (χ1n) is 7.48. The summed E-state index contributed by atoms with van der Waals surface area (Å²) in [6.07, 6.45) is 10.8. The van der Waals surface area contributed by atoms with Gasteiger partial charge in [0.2, 0.25) is 11.8 Å². The second-order valence-corrected chi connectivity index (χ2v) is 4.83. The quantitative estimate of drug-likeness (QED) is 0.131. The largest absolute Gasteiger partial charge is 0.528 e. The fraction of sp³-hybridized carbons (Fsp3) is 0.625. The Morgan fingerprint density at radius 1 is 1.12 bits per heavy atom. The van der Waals surface area contributed by atoms with Crippen molar-refractivity contribution in [3.8, 4) is 12.3 Å². The summed E-state index contributed by atoms with van der Waals surface area (Å²) in [4.78, 5) is 40.8. The smallest absolute Gasteiger partial charge is 0.221 e. The van der Waals surface area contributed by atoms with E-state index in [9.17, 15) is 14.4 Å². The Morgan fingerprint density at radius 3 is 2.25 bits per heavy atom. The molecular weight excluding hydrogens is 555 g/mol. The average Bonchev–Trinajstić information content (AvgIpc) is 2.56. The van der Waals surface area contributed by atoms with E-state index in [1.165, 1.54) is 0 Å². The molecule has 142 valence electrons. The van der Waals surface area contributed by atoms with Gasteiger partial charge in [0.05, 0.1) is 6.54 Å². The molecule has 0 aromatic rings. The topological polar surface area (TPSA) is 104 Å². The molecule has 0 spiro atoms. The fourth-order valence-electron chi connectivity index (χ4n) is 1.71. The van der Waals surface area contributed by atoms with Crippen molar-refractivity contribution in [2.75, 3.05) is 13.1 Å². The van der Waals surface area contributed by atoms with Crippen LogP contribution in [0.3, 0.4) is 0 Å². The van der Waals surface area contributed by atoms with Gasteiger partial charge in [0, 0.05) is 19.4 Å². The molecule has 0 radical (unpaired) electrons. The molecule has 0 aromatic heterocycles. The number of carbonyl (C=O) groups excluding carboxylic acids is 4. The molecule has 3 N–H and O–H groups in total. The van der Waals surface area contributed by atoms with Crippen LogP contribution in [0.2, 0.25) is 0 Å². The van der Waals surface area contributed by atoms with Crippen molar-refractivity contribution in [3.05, 3.63) is 0 Å². The zero-order valence-electron chi connectivity index (χ0n) is 13.9. The molecule has 0 saturated carbocycles. The van der Waals surface area contributed by atoms with E-state index in [-0.39, 0.29) is 37.2 Å². The van der Waals surface area contributed by atoms with Crippen molar-refractivity contribution in [1.29, 1.82) is 0 Å². The van der Waals surface area contributed by atoms with Crippen LogP contribution in [0.25, 0.3) is 0 Å². The van der Waals surface area contributed by atoms with Crippen LogP contribution in [0.15, 0.2) is 0 Å². The van der Waals surface area contributed by atoms with Gasteiger partial charge >= 0.3 is 0 Å². The zero-order chi connectivity index (χ0) is 17.9. The summed E-state index contributed by atoms with van der Waals surface area (Å²) in [6, 6.07) is 0.138. The molecule has 7 nitrogen and oxygen atoms in total. The van der Waals surface area contributed by atoms with Gasteiger partial charge in [0.15, 0.2) is 0 Å². The van der Waals surface area contributed by atoms with E-state index in [2.05, 4.69) is 21.9 Å². The Bertz CT molecular complexity index is 386. The third kappa shape index (κ3) is 18.6. The number of nitrogens with one attached hydrogen (secondary N) is 3. The normalized spacial score (nSPS) is 9.83. The van der Waals surface area contributed by atoms with Gasteiger partial charge < -0.3 is 25.5 Å². The van der Waals surface area contributed by atoms with Crippen LogP contribution in [-0.2, 0) is 19.2 Å². The van der Waals surface area contributed by atoms with Crippen molar-refractivity contribution in [2.24, 2.45) is 0 Å². The van der Waals surface area contributed by atoms with Gasteiger partial charge in [-0.3, -0.25) is 9.59 Å². The van der Waals surface area contributed by atoms with Gasteiger partial charge in [-0.15, -0.1) is 6.42 Å². The first-order chi connectivity index (χ1) is 11.1. The Balaban J connectivity index is -0.00000141. The van der Waals surface area contributed by atoms with E-state index in [4.69, 9.17) is 11.2 Å². The molecule has 0 fully saturated rings. The molecule has 0 aliphatic carbocycles. The molecule has 0 aliphatic rings. The van der Waals surface area contributed by atoms with Crippen molar-refractivity contribution in [2.45, 2.75) is 51.5 Å². The summed E-state index contributed by atoms with van der Waals surface area (Å²) in [7, 11) is 0. The number of terminal acetylenes is 1. The Morgan fingerprint density at radius 2 is 1.71 bits per heavy atom. The number of amides is 3. The second-order valence-electron chi connectivity index (χ2n) is 4.83. The van der Waals surface area contributed by atoms with Gasteiger partial charge in [-0.1, -0.05) is 18.8 Å². The maximum atomic E-state index is 11.5. The number of hydrogen-bond acceptors (Lipinski definition) is 4. The number of unbranched alkanes of at least 4 members (excludes halogenated alkanes) is 2. The molecule has 0 aromatic carbocycles. The summed E-state index contributed by atoms with van der Waals surface area (Å²) in [5, 5.41) is 7.85. The summed E-state index contributed by atoms with van der Waals surface area (Å²) in [5.74, 6) is 1.96. The van der Waals surface area contributed by atoms with Gasteiger partial charge in [0.25, 0.3) is 0 Å². The van der Waals surface area contributed by atoms with Gasteiger partial charge in [0.1, 0.15) is 6.79 Å². The number of hydrogen-bond donors (Lipinski definition) is 3. The van der Waals surface area contributed by atoms with E-state index in [0.29, 0.717) is 6.54 Å². The molecule has 0 rings (SSSR count). The van der Waals surface area contributed by atoms with Crippen LogP contribution in [-0.4, -0.2) is 44.1 Å². The van der Waals surface area contributed by atoms with E-state index >= 15 is 0 Å². The van der Waals surface area contributed by atoms with Crippen molar-refractivity contribution in [3.63, 3.8) is 0 Å². The Kier molecular flexibility index (Phi) is 20.9. The molecular formula is C16H26FmN3O4-. The second kappa shape index (κ2) is 19.6. The molecule has 3 amide bonds. The van der Waals surface area contributed by atoms with Crippen LogP contribution < -0.4 is 16.0 Å². The molecule has 0 heterocycles. The minimum Gasteiger partial charge on any atom is -0.528 e. The molecule has 1 atom stereocenters. The Labute approximate surface area is 138 Å². The van der Waals surface area contributed by atoms with Gasteiger partial charge in [-0.25, -0.2) is 0 Å². The van der Waals surface area contributed by atoms with Gasteiger partial charge in [-0.05, 0) is 25.8 Å². The molecule has 0 saturated heterocycles. The number of carbonyl (C=O) groups is 3. The van der Waals surface area contributed by atoms with Crippen molar-refractivity contribution >= 4 is 25.0 Å². The first kappa shape index (κ1) is 25.6. The van der Waals surface area contributed by atoms with Crippen LogP contribution in [0.1, 0.15) is 45.4 Å². The first-order valence-corrected chi connectivity index (χ1v) is 7.48. The van der Waals surface area contributed by atoms with Gasteiger partial charge in [-0.2, -0.15) is 6.41 Å². The molecule has 8 heteroatoms. The summed E-state index contributed by atoms with van der Waals surface area (Å²) >= 11 is 0. The summed E-state index contributed by atoms with van der Waals surface area (Å²) in [6.45, 7) is 4.72. The Hall–Kier alpha value is -3.36. The predicted octanol–water partition coefficient (Wildman–Crippen LogP) is 0.0530. The monoisotopic (exact) mass is 581 g/mol. The molecule has 0 bridgehead atoms. The minimum atomic E-state index is -0.212. The third-order valence-electron chi connectivity index (χ3n) is 2.91. The molecule has 24 heavy (non-hydrogen) atoms.